The summed E-state index contributed by atoms with van der Waals surface area (Å²) in [7, 11) is 0. The number of rotatable bonds is 6. The minimum atomic E-state index is -0.794. The van der Waals surface area contributed by atoms with Crippen molar-refractivity contribution in [1.82, 2.24) is 15.5 Å². The summed E-state index contributed by atoms with van der Waals surface area (Å²) in [6.07, 6.45) is 3.92. The molecule has 3 aliphatic carbocycles. The Kier molecular flexibility index (Phi) is 4.61. The van der Waals surface area contributed by atoms with E-state index in [0.717, 1.165) is 32.2 Å². The third-order valence-corrected chi connectivity index (χ3v) is 6.34. The lowest BCUT2D eigenvalue weighted by Crippen LogP contribution is -2.56. The number of fused-ring (bicyclic) bond motifs is 3. The highest BCUT2D eigenvalue weighted by Gasteiger charge is 2.54. The molecule has 0 radical (unpaired) electrons. The predicted molar refractivity (Wildman–Crippen MR) is 98.1 cm³/mol. The van der Waals surface area contributed by atoms with E-state index in [9.17, 15) is 9.59 Å². The van der Waals surface area contributed by atoms with Crippen LogP contribution in [-0.2, 0) is 11.2 Å². The number of nitrogens with zero attached hydrogens (tertiary/aromatic N) is 1. The number of hydrogen-bond acceptors (Lipinski definition) is 3. The lowest BCUT2D eigenvalue weighted by molar-refractivity contribution is -0.139. The Hall–Kier alpha value is -2.08. The number of hydrogen-bond donors (Lipinski definition) is 3. The molecular formula is C20H27N3O3. The average molecular weight is 357 g/mol. The number of carboxylic acids is 1. The molecule has 6 nitrogen and oxygen atoms in total. The van der Waals surface area contributed by atoms with E-state index < -0.39 is 5.97 Å². The standard InChI is InChI=1S/C20H27N3O3/c1-2-23(11-17(24)25)14-9-13(10-14)21-20(26)22-19-16-8-7-12-5-3-4-6-15(12)18(16)19/h3-6,13-14,16,18-19H,2,7-11H2,1H3,(H,24,25)(H2,21,22,26). The largest absolute Gasteiger partial charge is 0.480 e. The van der Waals surface area contributed by atoms with Crippen molar-refractivity contribution in [2.24, 2.45) is 5.92 Å². The van der Waals surface area contributed by atoms with E-state index in [-0.39, 0.29) is 30.7 Å². The molecule has 1 aromatic carbocycles. The summed E-state index contributed by atoms with van der Waals surface area (Å²) in [4.78, 5) is 25.2. The molecule has 0 saturated heterocycles. The van der Waals surface area contributed by atoms with Gasteiger partial charge in [0.25, 0.3) is 0 Å². The average Bonchev–Trinajstić information content (AvgIpc) is 3.29. The molecule has 2 amide bonds. The summed E-state index contributed by atoms with van der Waals surface area (Å²) in [5, 5.41) is 15.2. The van der Waals surface area contributed by atoms with Gasteiger partial charge in [0.2, 0.25) is 0 Å². The molecule has 0 spiro atoms. The van der Waals surface area contributed by atoms with E-state index >= 15 is 0 Å². The third-order valence-electron chi connectivity index (χ3n) is 6.34. The molecule has 0 aromatic heterocycles. The lowest BCUT2D eigenvalue weighted by atomic mass is 9.85. The summed E-state index contributed by atoms with van der Waals surface area (Å²) in [6.45, 7) is 2.77. The molecule has 4 rings (SSSR count). The Bertz CT molecular complexity index is 701. The van der Waals surface area contributed by atoms with Crippen molar-refractivity contribution in [1.29, 1.82) is 0 Å². The van der Waals surface area contributed by atoms with Gasteiger partial charge in [0.1, 0.15) is 0 Å². The number of aliphatic carboxylic acids is 1. The lowest BCUT2D eigenvalue weighted by Gasteiger charge is -2.42. The van der Waals surface area contributed by atoms with Gasteiger partial charge < -0.3 is 15.7 Å². The first-order chi connectivity index (χ1) is 12.6. The van der Waals surface area contributed by atoms with Crippen LogP contribution < -0.4 is 10.6 Å². The van der Waals surface area contributed by atoms with E-state index in [1.54, 1.807) is 0 Å². The summed E-state index contributed by atoms with van der Waals surface area (Å²) >= 11 is 0. The number of carboxylic acid groups (broad SMARTS) is 1. The first-order valence-corrected chi connectivity index (χ1v) is 9.67. The molecule has 0 heterocycles. The van der Waals surface area contributed by atoms with E-state index in [1.807, 2.05) is 11.8 Å². The van der Waals surface area contributed by atoms with Crippen molar-refractivity contribution in [3.63, 3.8) is 0 Å². The molecule has 1 aromatic rings. The molecular weight excluding hydrogens is 330 g/mol. The number of amides is 2. The molecule has 3 atom stereocenters. The summed E-state index contributed by atoms with van der Waals surface area (Å²) in [5.74, 6) is 0.263. The van der Waals surface area contributed by atoms with Crippen LogP contribution in [0.4, 0.5) is 4.79 Å². The second kappa shape index (κ2) is 6.91. The zero-order chi connectivity index (χ0) is 18.3. The topological polar surface area (TPSA) is 81.7 Å². The van der Waals surface area contributed by atoms with Crippen molar-refractivity contribution in [3.8, 4) is 0 Å². The Morgan fingerprint density at radius 2 is 2.00 bits per heavy atom. The highest BCUT2D eigenvalue weighted by Crippen LogP contribution is 2.54. The number of carbonyl (C=O) groups excluding carboxylic acids is 1. The molecule has 2 fully saturated rings. The fourth-order valence-corrected chi connectivity index (χ4v) is 4.82. The molecule has 140 valence electrons. The van der Waals surface area contributed by atoms with Crippen LogP contribution in [0.15, 0.2) is 24.3 Å². The summed E-state index contributed by atoms with van der Waals surface area (Å²) in [6, 6.07) is 9.17. The van der Waals surface area contributed by atoms with Gasteiger partial charge in [-0.1, -0.05) is 31.2 Å². The number of nitrogens with one attached hydrogen (secondary N) is 2. The molecule has 3 N–H and O–H groups in total. The number of urea groups is 1. The van der Waals surface area contributed by atoms with Crippen LogP contribution in [0.3, 0.4) is 0 Å². The third kappa shape index (κ3) is 3.30. The van der Waals surface area contributed by atoms with Crippen LogP contribution in [-0.4, -0.2) is 53.2 Å². The molecule has 0 bridgehead atoms. The van der Waals surface area contributed by atoms with E-state index in [4.69, 9.17) is 5.11 Å². The van der Waals surface area contributed by atoms with Gasteiger partial charge in [-0.05, 0) is 49.3 Å². The van der Waals surface area contributed by atoms with E-state index in [2.05, 4.69) is 34.9 Å². The van der Waals surface area contributed by atoms with Crippen LogP contribution in [0, 0.1) is 5.92 Å². The molecule has 0 aliphatic heterocycles. The van der Waals surface area contributed by atoms with Crippen molar-refractivity contribution in [2.75, 3.05) is 13.1 Å². The highest BCUT2D eigenvalue weighted by molar-refractivity contribution is 5.75. The second-order valence-electron chi connectivity index (χ2n) is 7.85. The fourth-order valence-electron chi connectivity index (χ4n) is 4.82. The highest BCUT2D eigenvalue weighted by atomic mass is 16.4. The maximum atomic E-state index is 12.3. The van der Waals surface area contributed by atoms with Gasteiger partial charge in [-0.25, -0.2) is 4.79 Å². The van der Waals surface area contributed by atoms with Gasteiger partial charge in [0.15, 0.2) is 0 Å². The monoisotopic (exact) mass is 357 g/mol. The first kappa shape index (κ1) is 17.3. The van der Waals surface area contributed by atoms with Gasteiger partial charge >= 0.3 is 12.0 Å². The summed E-state index contributed by atoms with van der Waals surface area (Å²) in [5.41, 5.74) is 2.84. The predicted octanol–water partition coefficient (Wildman–Crippen LogP) is 1.95. The second-order valence-corrected chi connectivity index (χ2v) is 7.85. The smallest absolute Gasteiger partial charge is 0.317 e. The van der Waals surface area contributed by atoms with Crippen LogP contribution >= 0.6 is 0 Å². The van der Waals surface area contributed by atoms with Crippen LogP contribution in [0.2, 0.25) is 0 Å². The Morgan fingerprint density at radius 1 is 1.23 bits per heavy atom. The summed E-state index contributed by atoms with van der Waals surface area (Å²) < 4.78 is 0. The molecule has 3 unspecified atom stereocenters. The number of carbonyl (C=O) groups is 2. The minimum absolute atomic E-state index is 0.0743. The normalized spacial score (nSPS) is 31.4. The SMILES string of the molecule is CCN(CC(=O)O)C1CC(NC(=O)NC2C3CCc4ccccc4C32)C1. The van der Waals surface area contributed by atoms with Gasteiger partial charge in [0.05, 0.1) is 6.54 Å². The van der Waals surface area contributed by atoms with Gasteiger partial charge in [-0.2, -0.15) is 0 Å². The zero-order valence-electron chi connectivity index (χ0n) is 15.1. The quantitative estimate of drug-likeness (QED) is 0.727. The number of benzene rings is 1. The van der Waals surface area contributed by atoms with Gasteiger partial charge in [0, 0.05) is 24.0 Å². The fraction of sp³-hybridized carbons (Fsp3) is 0.600. The van der Waals surface area contributed by atoms with Gasteiger partial charge in [-0.15, -0.1) is 0 Å². The van der Waals surface area contributed by atoms with Crippen molar-refractivity contribution in [3.05, 3.63) is 35.4 Å². The van der Waals surface area contributed by atoms with Crippen molar-refractivity contribution >= 4 is 12.0 Å². The van der Waals surface area contributed by atoms with Crippen LogP contribution in [0.25, 0.3) is 0 Å². The van der Waals surface area contributed by atoms with E-state index in [1.165, 1.54) is 11.1 Å². The first-order valence-electron chi connectivity index (χ1n) is 9.67. The Labute approximate surface area is 153 Å². The molecule has 26 heavy (non-hydrogen) atoms. The minimum Gasteiger partial charge on any atom is -0.480 e. The Balaban J connectivity index is 1.24. The molecule has 6 heteroatoms. The molecule has 3 aliphatic rings. The zero-order valence-corrected chi connectivity index (χ0v) is 15.1. The van der Waals surface area contributed by atoms with Gasteiger partial charge in [-0.3, -0.25) is 9.69 Å². The maximum Gasteiger partial charge on any atom is 0.317 e. The van der Waals surface area contributed by atoms with E-state index in [0.29, 0.717) is 11.8 Å². The maximum absolute atomic E-state index is 12.3. The van der Waals surface area contributed by atoms with Crippen molar-refractivity contribution in [2.45, 2.75) is 56.7 Å². The Morgan fingerprint density at radius 3 is 2.73 bits per heavy atom. The van der Waals surface area contributed by atoms with Crippen molar-refractivity contribution < 1.29 is 14.7 Å². The van der Waals surface area contributed by atoms with Crippen LogP contribution in [0.5, 0.6) is 0 Å². The molecule has 2 saturated carbocycles. The van der Waals surface area contributed by atoms with Crippen LogP contribution in [0.1, 0.15) is 43.2 Å². The number of aryl methyl sites for hydroxylation is 1. The number of likely N-dealkylation sites (N-methyl/N-ethyl adjacent to an activating group) is 1.